The highest BCUT2D eigenvalue weighted by Crippen LogP contribution is 2.47. The number of benzene rings is 2. The molecule has 1 heterocycles. The maximum atomic E-state index is 9.16. The van der Waals surface area contributed by atoms with Crippen LogP contribution in [0.3, 0.4) is 0 Å². The number of aromatic nitrogens is 1. The molecule has 0 aliphatic heterocycles. The first-order valence-corrected chi connectivity index (χ1v) is 5.54. The predicted molar refractivity (Wildman–Crippen MR) is 67.4 cm³/mol. The second-order valence-electron chi connectivity index (χ2n) is 4.27. The Hall–Kier alpha value is -2.53. The third kappa shape index (κ3) is 0.896. The smallest absolute Gasteiger partial charge is 0.101 e. The monoisotopic (exact) mass is 216 g/mol. The van der Waals surface area contributed by atoms with Gasteiger partial charge in [-0.25, -0.2) is 0 Å². The molecule has 4 rings (SSSR count). The van der Waals surface area contributed by atoms with Gasteiger partial charge >= 0.3 is 0 Å². The van der Waals surface area contributed by atoms with Gasteiger partial charge in [0.15, 0.2) is 0 Å². The van der Waals surface area contributed by atoms with E-state index in [2.05, 4.69) is 41.4 Å². The van der Waals surface area contributed by atoms with Crippen LogP contribution in [0.1, 0.15) is 5.56 Å². The van der Waals surface area contributed by atoms with E-state index in [1.165, 1.54) is 21.9 Å². The van der Waals surface area contributed by atoms with Crippen LogP contribution >= 0.6 is 0 Å². The van der Waals surface area contributed by atoms with E-state index in [4.69, 9.17) is 5.26 Å². The van der Waals surface area contributed by atoms with Gasteiger partial charge in [0, 0.05) is 17.3 Å². The molecule has 0 unspecified atom stereocenters. The van der Waals surface area contributed by atoms with E-state index < -0.39 is 0 Å². The fourth-order valence-corrected chi connectivity index (χ4v) is 2.76. The molecule has 1 aliphatic carbocycles. The Balaban J connectivity index is 2.28. The molecule has 3 aromatic rings. The third-order valence-electron chi connectivity index (χ3n) is 3.44. The van der Waals surface area contributed by atoms with Crippen LogP contribution in [-0.4, -0.2) is 4.98 Å². The molecule has 1 aliphatic rings. The first-order chi connectivity index (χ1) is 8.40. The van der Waals surface area contributed by atoms with Crippen LogP contribution < -0.4 is 0 Å². The topological polar surface area (TPSA) is 39.6 Å². The van der Waals surface area contributed by atoms with Crippen LogP contribution in [-0.2, 0) is 0 Å². The minimum absolute atomic E-state index is 0.726. The Bertz CT molecular complexity index is 798. The van der Waals surface area contributed by atoms with Crippen LogP contribution in [0, 0.1) is 11.3 Å². The van der Waals surface area contributed by atoms with E-state index in [0.717, 1.165) is 16.8 Å². The normalized spacial score (nSPS) is 11.5. The van der Waals surface area contributed by atoms with Crippen molar-refractivity contribution < 1.29 is 0 Å². The van der Waals surface area contributed by atoms with Gasteiger partial charge in [-0.05, 0) is 16.3 Å². The zero-order valence-corrected chi connectivity index (χ0v) is 8.99. The number of nitriles is 1. The van der Waals surface area contributed by atoms with Crippen LogP contribution in [0.15, 0.2) is 42.6 Å². The van der Waals surface area contributed by atoms with Crippen molar-refractivity contribution >= 4 is 10.8 Å². The van der Waals surface area contributed by atoms with Crippen molar-refractivity contribution in [2.24, 2.45) is 0 Å². The van der Waals surface area contributed by atoms with Gasteiger partial charge in [0.25, 0.3) is 0 Å². The highest BCUT2D eigenvalue weighted by Gasteiger charge is 2.24. The van der Waals surface area contributed by atoms with E-state index >= 15 is 0 Å². The molecule has 1 N–H and O–H groups in total. The summed E-state index contributed by atoms with van der Waals surface area (Å²) in [5, 5.41) is 11.6. The molecular weight excluding hydrogens is 208 g/mol. The number of aromatic amines is 1. The summed E-state index contributed by atoms with van der Waals surface area (Å²) in [6, 6.07) is 14.8. The van der Waals surface area contributed by atoms with Crippen LogP contribution in [0.2, 0.25) is 0 Å². The van der Waals surface area contributed by atoms with Crippen molar-refractivity contribution in [1.29, 1.82) is 5.26 Å². The Morgan fingerprint density at radius 1 is 1.00 bits per heavy atom. The largest absolute Gasteiger partial charge is 0.359 e. The van der Waals surface area contributed by atoms with Gasteiger partial charge in [-0.2, -0.15) is 5.26 Å². The van der Waals surface area contributed by atoms with Crippen LogP contribution in [0.5, 0.6) is 0 Å². The Labute approximate surface area is 98.1 Å². The van der Waals surface area contributed by atoms with Crippen molar-refractivity contribution in [2.75, 3.05) is 0 Å². The molecule has 0 bridgehead atoms. The fraction of sp³-hybridized carbons (Fsp3) is 0. The zero-order valence-electron chi connectivity index (χ0n) is 8.99. The molecule has 0 saturated carbocycles. The lowest BCUT2D eigenvalue weighted by molar-refractivity contribution is 1.40. The Morgan fingerprint density at radius 3 is 2.53 bits per heavy atom. The summed E-state index contributed by atoms with van der Waals surface area (Å²) in [4.78, 5) is 3.22. The molecule has 0 spiro atoms. The van der Waals surface area contributed by atoms with Crippen molar-refractivity contribution in [1.82, 2.24) is 4.98 Å². The van der Waals surface area contributed by atoms with Crippen LogP contribution in [0.4, 0.5) is 0 Å². The molecule has 78 valence electrons. The third-order valence-corrected chi connectivity index (χ3v) is 3.44. The zero-order chi connectivity index (χ0) is 11.4. The summed E-state index contributed by atoms with van der Waals surface area (Å²) >= 11 is 0. The molecule has 0 saturated heterocycles. The molecule has 0 atom stereocenters. The molecule has 0 amide bonds. The first-order valence-electron chi connectivity index (χ1n) is 5.54. The minimum atomic E-state index is 0.726. The van der Waals surface area contributed by atoms with Crippen molar-refractivity contribution in [3.63, 3.8) is 0 Å². The molecule has 0 radical (unpaired) electrons. The highest BCUT2D eigenvalue weighted by molar-refractivity contribution is 6.15. The minimum Gasteiger partial charge on any atom is -0.359 e. The quantitative estimate of drug-likeness (QED) is 0.478. The van der Waals surface area contributed by atoms with Crippen LogP contribution in [0.25, 0.3) is 33.2 Å². The first kappa shape index (κ1) is 8.60. The number of rotatable bonds is 0. The Morgan fingerprint density at radius 2 is 1.76 bits per heavy atom. The number of hydrogen-bond acceptors (Lipinski definition) is 1. The average Bonchev–Trinajstić information content (AvgIpc) is 2.92. The molecule has 2 heteroatoms. The number of nitrogens with one attached hydrogen (secondary N) is 1. The van der Waals surface area contributed by atoms with E-state index in [1.807, 2.05) is 6.07 Å². The number of nitrogens with zero attached hydrogens (tertiary/aromatic N) is 1. The maximum absolute atomic E-state index is 9.16. The predicted octanol–water partition coefficient (Wildman–Crippen LogP) is 3.69. The summed E-state index contributed by atoms with van der Waals surface area (Å²) in [5.74, 6) is 0. The van der Waals surface area contributed by atoms with Gasteiger partial charge in [-0.15, -0.1) is 0 Å². The summed E-state index contributed by atoms with van der Waals surface area (Å²) in [6.07, 6.45) is 1.79. The van der Waals surface area contributed by atoms with E-state index in [-0.39, 0.29) is 0 Å². The van der Waals surface area contributed by atoms with Gasteiger partial charge < -0.3 is 4.98 Å². The van der Waals surface area contributed by atoms with E-state index in [9.17, 15) is 0 Å². The van der Waals surface area contributed by atoms with Gasteiger partial charge in [-0.3, -0.25) is 0 Å². The molecule has 17 heavy (non-hydrogen) atoms. The van der Waals surface area contributed by atoms with Crippen molar-refractivity contribution in [3.8, 4) is 28.5 Å². The Kier molecular flexibility index (Phi) is 1.40. The highest BCUT2D eigenvalue weighted by atomic mass is 14.7. The lowest BCUT2D eigenvalue weighted by atomic mass is 10.0. The second kappa shape index (κ2) is 2.78. The van der Waals surface area contributed by atoms with Crippen molar-refractivity contribution in [2.45, 2.75) is 0 Å². The molecule has 2 aromatic carbocycles. The summed E-state index contributed by atoms with van der Waals surface area (Å²) < 4.78 is 0. The second-order valence-corrected chi connectivity index (χ2v) is 4.27. The summed E-state index contributed by atoms with van der Waals surface area (Å²) in [5.41, 5.74) is 5.23. The van der Waals surface area contributed by atoms with Gasteiger partial charge in [0.05, 0.1) is 11.3 Å². The van der Waals surface area contributed by atoms with Gasteiger partial charge in [0.1, 0.15) is 6.07 Å². The number of hydrogen-bond donors (Lipinski definition) is 1. The molecule has 2 nitrogen and oxygen atoms in total. The number of fused-ring (bicyclic) bond motifs is 3. The average molecular weight is 216 g/mol. The standard InChI is InChI=1S/C15H8N2/c16-7-10-8-17-15-12-6-2-4-9-3-1-5-11(13(9)12)14(10)15/h1-6,8,17H. The van der Waals surface area contributed by atoms with E-state index in [0.29, 0.717) is 0 Å². The fourth-order valence-electron chi connectivity index (χ4n) is 2.76. The van der Waals surface area contributed by atoms with E-state index in [1.54, 1.807) is 6.20 Å². The molecule has 1 aromatic heterocycles. The molecule has 0 fully saturated rings. The summed E-state index contributed by atoms with van der Waals surface area (Å²) in [6.45, 7) is 0. The van der Waals surface area contributed by atoms with Gasteiger partial charge in [0.2, 0.25) is 0 Å². The van der Waals surface area contributed by atoms with Gasteiger partial charge in [-0.1, -0.05) is 36.4 Å². The lowest BCUT2D eigenvalue weighted by Crippen LogP contribution is -1.77. The molecular formula is C15H8N2. The SMILES string of the molecule is N#Cc1c[nH]c2c1-c1cccc3cccc-2c13. The maximum Gasteiger partial charge on any atom is 0.101 e. The summed E-state index contributed by atoms with van der Waals surface area (Å²) in [7, 11) is 0. The lowest BCUT2D eigenvalue weighted by Gasteiger charge is -2.01. The van der Waals surface area contributed by atoms with Crippen molar-refractivity contribution in [3.05, 3.63) is 48.2 Å². The number of H-pyrrole nitrogens is 1.